The number of ether oxygens (including phenoxy) is 2. The van der Waals surface area contributed by atoms with Gasteiger partial charge in [0.25, 0.3) is 0 Å². The molecule has 1 rings (SSSR count). The van der Waals surface area contributed by atoms with E-state index in [4.69, 9.17) is 9.47 Å². The Labute approximate surface area is 139 Å². The zero-order valence-electron chi connectivity index (χ0n) is 15.0. The molecular weight excluding hydrogens is 316 g/mol. The maximum Gasteiger partial charge on any atom is 0.161 e. The van der Waals surface area contributed by atoms with E-state index in [9.17, 15) is 13.0 Å². The lowest BCUT2D eigenvalue weighted by Gasteiger charge is -2.29. The van der Waals surface area contributed by atoms with Crippen molar-refractivity contribution in [1.29, 1.82) is 0 Å². The molecule has 0 heterocycles. The molecular formula is C17H27O5S-. The van der Waals surface area contributed by atoms with E-state index in [1.165, 1.54) is 7.11 Å². The predicted molar refractivity (Wildman–Crippen MR) is 89.9 cm³/mol. The van der Waals surface area contributed by atoms with Gasteiger partial charge in [0.05, 0.1) is 12.4 Å². The van der Waals surface area contributed by atoms with Gasteiger partial charge in [-0.3, -0.25) is 0 Å². The maximum atomic E-state index is 11.7. The highest BCUT2D eigenvalue weighted by Gasteiger charge is 2.27. The molecule has 0 spiro atoms. The van der Waals surface area contributed by atoms with Gasteiger partial charge >= 0.3 is 0 Å². The van der Waals surface area contributed by atoms with E-state index in [0.29, 0.717) is 17.1 Å². The van der Waals surface area contributed by atoms with Crippen LogP contribution in [0, 0.1) is 5.41 Å². The van der Waals surface area contributed by atoms with Gasteiger partial charge in [0.15, 0.2) is 11.5 Å². The summed E-state index contributed by atoms with van der Waals surface area (Å²) in [6.45, 7) is 11.4. The molecule has 6 heteroatoms. The smallest absolute Gasteiger partial charge is 0.161 e. The molecule has 0 aliphatic rings. The largest absolute Gasteiger partial charge is 0.747 e. The van der Waals surface area contributed by atoms with Crippen molar-refractivity contribution in [3.8, 4) is 11.5 Å². The molecule has 1 atom stereocenters. The third-order valence-corrected chi connectivity index (χ3v) is 4.26. The van der Waals surface area contributed by atoms with E-state index in [1.807, 2.05) is 41.5 Å². The van der Waals surface area contributed by atoms with Crippen LogP contribution in [0.5, 0.6) is 11.5 Å². The molecule has 0 aliphatic carbocycles. The van der Waals surface area contributed by atoms with Crippen LogP contribution in [-0.4, -0.2) is 25.7 Å². The topological polar surface area (TPSA) is 75.7 Å². The third kappa shape index (κ3) is 6.39. The molecule has 0 aromatic heterocycles. The van der Waals surface area contributed by atoms with Gasteiger partial charge in [-0.25, -0.2) is 8.42 Å². The van der Waals surface area contributed by atoms with E-state index >= 15 is 0 Å². The predicted octanol–water partition coefficient (Wildman–Crippen LogP) is 3.90. The first-order valence-corrected chi connectivity index (χ1v) is 9.02. The summed E-state index contributed by atoms with van der Waals surface area (Å²) < 4.78 is 46.2. The van der Waals surface area contributed by atoms with Gasteiger partial charge in [-0.1, -0.05) is 26.8 Å². The van der Waals surface area contributed by atoms with Gasteiger partial charge in [-0.05, 0) is 50.3 Å². The van der Waals surface area contributed by atoms with E-state index in [1.54, 1.807) is 18.2 Å². The van der Waals surface area contributed by atoms with Crippen molar-refractivity contribution < 1.29 is 22.4 Å². The molecule has 0 saturated carbocycles. The first-order chi connectivity index (χ1) is 10.2. The molecule has 0 bridgehead atoms. The minimum absolute atomic E-state index is 0.238. The lowest BCUT2D eigenvalue weighted by atomic mass is 9.88. The number of rotatable bonds is 5. The summed E-state index contributed by atoms with van der Waals surface area (Å²) in [5.41, 5.74) is -0.284. The second kappa shape index (κ2) is 6.69. The minimum Gasteiger partial charge on any atom is -0.747 e. The van der Waals surface area contributed by atoms with Crippen LogP contribution in [0.1, 0.15) is 58.8 Å². The number of hydrogen-bond acceptors (Lipinski definition) is 5. The molecule has 1 aromatic carbocycles. The third-order valence-electron chi connectivity index (χ3n) is 3.12. The van der Waals surface area contributed by atoms with Crippen molar-refractivity contribution in [2.75, 3.05) is 7.11 Å². The Kier molecular flexibility index (Phi) is 5.75. The fraction of sp³-hybridized carbons (Fsp3) is 0.647. The van der Waals surface area contributed by atoms with Crippen LogP contribution in [0.3, 0.4) is 0 Å². The van der Waals surface area contributed by atoms with Crippen molar-refractivity contribution >= 4 is 10.1 Å². The lowest BCUT2D eigenvalue weighted by Crippen LogP contribution is -2.23. The van der Waals surface area contributed by atoms with E-state index in [0.717, 1.165) is 0 Å². The van der Waals surface area contributed by atoms with Crippen molar-refractivity contribution in [2.45, 2.75) is 58.8 Å². The van der Waals surface area contributed by atoms with Gasteiger partial charge in [0, 0.05) is 0 Å². The molecule has 132 valence electrons. The monoisotopic (exact) mass is 343 g/mol. The lowest BCUT2D eigenvalue weighted by molar-refractivity contribution is 0.125. The highest BCUT2D eigenvalue weighted by atomic mass is 32.2. The fourth-order valence-corrected chi connectivity index (χ4v) is 3.43. The van der Waals surface area contributed by atoms with Gasteiger partial charge in [-0.2, -0.15) is 0 Å². The van der Waals surface area contributed by atoms with Crippen LogP contribution in [0.15, 0.2) is 18.2 Å². The minimum atomic E-state index is -4.47. The highest BCUT2D eigenvalue weighted by Crippen LogP contribution is 2.39. The standard InChI is InChI=1S/C17H28O5S/c1-16(2,3)11-15(23(18,19)20)12-8-9-13(14(10-12)21-7)22-17(4,5)6/h8-10,15H,11H2,1-7H3,(H,18,19,20)/p-1. The Morgan fingerprint density at radius 1 is 1.09 bits per heavy atom. The van der Waals surface area contributed by atoms with Crippen LogP contribution < -0.4 is 9.47 Å². The molecule has 23 heavy (non-hydrogen) atoms. The molecule has 0 radical (unpaired) electrons. The van der Waals surface area contributed by atoms with Crippen molar-refractivity contribution in [3.05, 3.63) is 23.8 Å². The number of benzene rings is 1. The summed E-state index contributed by atoms with van der Waals surface area (Å²) in [5, 5.41) is -1.11. The van der Waals surface area contributed by atoms with E-state index < -0.39 is 21.0 Å². The quantitative estimate of drug-likeness (QED) is 0.758. The normalized spacial score (nSPS) is 14.4. The van der Waals surface area contributed by atoms with Crippen LogP contribution in [0.4, 0.5) is 0 Å². The SMILES string of the molecule is COc1cc(C(CC(C)(C)C)S(=O)(=O)[O-])ccc1OC(C)(C)C. The van der Waals surface area contributed by atoms with Crippen LogP contribution in [-0.2, 0) is 10.1 Å². The Bertz CT molecular complexity index is 636. The van der Waals surface area contributed by atoms with E-state index in [2.05, 4.69) is 0 Å². The van der Waals surface area contributed by atoms with Gasteiger partial charge in [0.2, 0.25) is 0 Å². The molecule has 0 saturated heterocycles. The first kappa shape index (κ1) is 19.8. The summed E-state index contributed by atoms with van der Waals surface area (Å²) in [7, 11) is -2.99. The average molecular weight is 343 g/mol. The molecule has 1 aromatic rings. The van der Waals surface area contributed by atoms with Gasteiger partial charge < -0.3 is 14.0 Å². The zero-order chi connectivity index (χ0) is 18.1. The molecule has 0 amide bonds. The number of hydrogen-bond donors (Lipinski definition) is 0. The molecule has 0 N–H and O–H groups in total. The highest BCUT2D eigenvalue weighted by molar-refractivity contribution is 7.86. The Morgan fingerprint density at radius 2 is 1.65 bits per heavy atom. The summed E-state index contributed by atoms with van der Waals surface area (Å²) in [5.74, 6) is 0.932. The van der Waals surface area contributed by atoms with E-state index in [-0.39, 0.29) is 11.8 Å². The number of methoxy groups -OCH3 is 1. The van der Waals surface area contributed by atoms with Gasteiger partial charge in [-0.15, -0.1) is 0 Å². The fourth-order valence-electron chi connectivity index (χ4n) is 2.24. The van der Waals surface area contributed by atoms with Crippen molar-refractivity contribution in [3.63, 3.8) is 0 Å². The average Bonchev–Trinajstić information content (AvgIpc) is 2.32. The van der Waals surface area contributed by atoms with Crippen molar-refractivity contribution in [1.82, 2.24) is 0 Å². The van der Waals surface area contributed by atoms with Crippen LogP contribution in [0.2, 0.25) is 0 Å². The maximum absolute atomic E-state index is 11.7. The Hall–Kier alpha value is -1.27. The molecule has 1 unspecified atom stereocenters. The second-order valence-corrected chi connectivity index (χ2v) is 9.43. The second-order valence-electron chi connectivity index (χ2n) is 7.87. The first-order valence-electron chi connectivity index (χ1n) is 7.54. The Morgan fingerprint density at radius 3 is 2.04 bits per heavy atom. The summed E-state index contributed by atoms with van der Waals surface area (Å²) in [6.07, 6.45) is 0.238. The Balaban J connectivity index is 3.29. The van der Waals surface area contributed by atoms with Gasteiger partial charge in [0.1, 0.15) is 15.7 Å². The summed E-state index contributed by atoms with van der Waals surface area (Å²) in [6, 6.07) is 4.85. The molecule has 0 aliphatic heterocycles. The molecule has 5 nitrogen and oxygen atoms in total. The van der Waals surface area contributed by atoms with Crippen LogP contribution >= 0.6 is 0 Å². The summed E-state index contributed by atoms with van der Waals surface area (Å²) in [4.78, 5) is 0. The zero-order valence-corrected chi connectivity index (χ0v) is 15.8. The molecule has 0 fully saturated rings. The summed E-state index contributed by atoms with van der Waals surface area (Å²) >= 11 is 0. The van der Waals surface area contributed by atoms with Crippen molar-refractivity contribution in [2.24, 2.45) is 5.41 Å². The van der Waals surface area contributed by atoms with Crippen LogP contribution in [0.25, 0.3) is 0 Å².